The van der Waals surface area contributed by atoms with Gasteiger partial charge < -0.3 is 14.8 Å². The Bertz CT molecular complexity index is 1330. The van der Waals surface area contributed by atoms with Crippen molar-refractivity contribution in [2.45, 2.75) is 0 Å². The SMILES string of the molecule is CS(=O)(=O)OCCOCCOc1cc2ncnc(Nc3cc(Cl)c(Cl)cc3F)c2cc1[N+](=O)[O-]. The molecule has 0 fully saturated rings. The molecule has 1 heterocycles. The number of hydrogen-bond donors (Lipinski definition) is 1. The standard InChI is InChI=1S/C19H17Cl2FN4O7S/c1-34(29,30)33-5-3-31-2-4-32-18-9-15-11(6-17(18)26(27)28)19(24-10-23-15)25-16-8-13(21)12(20)7-14(16)22/h6-10H,2-5H2,1H3,(H,23,24,25). The van der Waals surface area contributed by atoms with Crippen LogP contribution in [-0.4, -0.2) is 56.0 Å². The summed E-state index contributed by atoms with van der Waals surface area (Å²) in [4.78, 5) is 19.1. The molecule has 3 rings (SSSR count). The fourth-order valence-electron chi connectivity index (χ4n) is 2.73. The highest BCUT2D eigenvalue weighted by atomic mass is 35.5. The van der Waals surface area contributed by atoms with E-state index in [9.17, 15) is 22.9 Å². The predicted molar refractivity (Wildman–Crippen MR) is 123 cm³/mol. The number of aromatic nitrogens is 2. The van der Waals surface area contributed by atoms with Crippen molar-refractivity contribution in [1.29, 1.82) is 0 Å². The molecule has 34 heavy (non-hydrogen) atoms. The lowest BCUT2D eigenvalue weighted by Gasteiger charge is -2.12. The fourth-order valence-corrected chi connectivity index (χ4v) is 3.42. The van der Waals surface area contributed by atoms with Gasteiger partial charge in [-0.05, 0) is 12.1 Å². The minimum Gasteiger partial charge on any atom is -0.484 e. The van der Waals surface area contributed by atoms with Crippen molar-refractivity contribution >= 4 is 61.4 Å². The van der Waals surface area contributed by atoms with Gasteiger partial charge in [0, 0.05) is 12.1 Å². The summed E-state index contributed by atoms with van der Waals surface area (Å²) in [5, 5.41) is 14.7. The first-order valence-corrected chi connectivity index (χ1v) is 12.0. The molecule has 0 aliphatic rings. The van der Waals surface area contributed by atoms with E-state index in [4.69, 9.17) is 32.7 Å². The number of anilines is 2. The summed E-state index contributed by atoms with van der Waals surface area (Å²) in [5.41, 5.74) is -0.115. The van der Waals surface area contributed by atoms with Crippen molar-refractivity contribution in [2.75, 3.05) is 38.0 Å². The number of ether oxygens (including phenoxy) is 2. The van der Waals surface area contributed by atoms with Crippen LogP contribution < -0.4 is 10.1 Å². The van der Waals surface area contributed by atoms with Gasteiger partial charge in [-0.2, -0.15) is 8.42 Å². The van der Waals surface area contributed by atoms with Gasteiger partial charge in [-0.1, -0.05) is 23.2 Å². The maximum atomic E-state index is 14.3. The average Bonchev–Trinajstić information content (AvgIpc) is 2.75. The molecule has 1 aromatic heterocycles. The third-order valence-corrected chi connectivity index (χ3v) is 5.50. The van der Waals surface area contributed by atoms with Gasteiger partial charge >= 0.3 is 5.69 Å². The minimum absolute atomic E-state index is 0.0101. The minimum atomic E-state index is -3.56. The Morgan fingerprint density at radius 2 is 1.79 bits per heavy atom. The first kappa shape index (κ1) is 25.8. The molecule has 0 spiro atoms. The van der Waals surface area contributed by atoms with Gasteiger partial charge in [-0.25, -0.2) is 14.4 Å². The molecule has 0 atom stereocenters. The van der Waals surface area contributed by atoms with E-state index in [-0.39, 0.29) is 64.8 Å². The van der Waals surface area contributed by atoms with Crippen LogP contribution in [0.2, 0.25) is 10.0 Å². The Morgan fingerprint density at radius 1 is 1.09 bits per heavy atom. The summed E-state index contributed by atoms with van der Waals surface area (Å²) >= 11 is 11.7. The molecule has 0 unspecified atom stereocenters. The van der Waals surface area contributed by atoms with Gasteiger partial charge in [0.25, 0.3) is 10.1 Å². The summed E-state index contributed by atoms with van der Waals surface area (Å²) in [7, 11) is -3.56. The smallest absolute Gasteiger partial charge is 0.311 e. The molecule has 15 heteroatoms. The quantitative estimate of drug-likeness (QED) is 0.125. The van der Waals surface area contributed by atoms with E-state index in [1.807, 2.05) is 0 Å². The van der Waals surface area contributed by atoms with E-state index in [2.05, 4.69) is 19.5 Å². The zero-order valence-corrected chi connectivity index (χ0v) is 19.8. The Morgan fingerprint density at radius 3 is 2.50 bits per heavy atom. The largest absolute Gasteiger partial charge is 0.484 e. The fraction of sp³-hybridized carbons (Fsp3) is 0.263. The number of fused-ring (bicyclic) bond motifs is 1. The Balaban J connectivity index is 1.77. The number of rotatable bonds is 11. The summed E-state index contributed by atoms with van der Waals surface area (Å²) < 4.78 is 51.2. The van der Waals surface area contributed by atoms with Crippen molar-refractivity contribution in [3.8, 4) is 5.75 Å². The van der Waals surface area contributed by atoms with Crippen LogP contribution in [-0.2, 0) is 19.0 Å². The first-order chi connectivity index (χ1) is 16.0. The van der Waals surface area contributed by atoms with E-state index in [0.29, 0.717) is 5.52 Å². The van der Waals surface area contributed by atoms with Crippen LogP contribution in [0.15, 0.2) is 30.6 Å². The van der Waals surface area contributed by atoms with Crippen molar-refractivity contribution in [3.05, 3.63) is 56.6 Å². The molecule has 0 bridgehead atoms. The lowest BCUT2D eigenvalue weighted by molar-refractivity contribution is -0.385. The molecule has 2 aromatic carbocycles. The Hall–Kier alpha value is -2.84. The Kier molecular flexibility index (Phi) is 8.38. The normalized spacial score (nSPS) is 11.5. The molecule has 0 saturated heterocycles. The zero-order chi connectivity index (χ0) is 24.9. The number of nitrogens with one attached hydrogen (secondary N) is 1. The van der Waals surface area contributed by atoms with Crippen molar-refractivity contribution < 1.29 is 31.4 Å². The zero-order valence-electron chi connectivity index (χ0n) is 17.5. The first-order valence-electron chi connectivity index (χ1n) is 9.45. The van der Waals surface area contributed by atoms with Gasteiger partial charge in [0.2, 0.25) is 0 Å². The highest BCUT2D eigenvalue weighted by molar-refractivity contribution is 7.85. The van der Waals surface area contributed by atoms with Gasteiger partial charge in [0.1, 0.15) is 24.6 Å². The number of nitrogens with zero attached hydrogens (tertiary/aromatic N) is 3. The molecule has 0 aliphatic heterocycles. The number of benzene rings is 2. The van der Waals surface area contributed by atoms with Crippen molar-refractivity contribution in [2.24, 2.45) is 0 Å². The molecular weight excluding hydrogens is 518 g/mol. The lowest BCUT2D eigenvalue weighted by Crippen LogP contribution is -2.13. The topological polar surface area (TPSA) is 143 Å². The second-order valence-corrected chi connectivity index (χ2v) is 9.13. The van der Waals surface area contributed by atoms with E-state index >= 15 is 0 Å². The number of halogens is 3. The average molecular weight is 535 g/mol. The second-order valence-electron chi connectivity index (χ2n) is 6.67. The molecule has 3 aromatic rings. The molecule has 0 saturated carbocycles. The second kappa shape index (κ2) is 11.1. The van der Waals surface area contributed by atoms with E-state index in [1.165, 1.54) is 24.5 Å². The maximum absolute atomic E-state index is 14.3. The molecule has 182 valence electrons. The summed E-state index contributed by atoms with van der Waals surface area (Å²) in [6.07, 6.45) is 2.11. The molecule has 11 nitrogen and oxygen atoms in total. The third-order valence-electron chi connectivity index (χ3n) is 4.19. The van der Waals surface area contributed by atoms with E-state index in [1.54, 1.807) is 0 Å². The monoisotopic (exact) mass is 534 g/mol. The van der Waals surface area contributed by atoms with Crippen molar-refractivity contribution in [3.63, 3.8) is 0 Å². The number of nitro groups is 1. The molecule has 0 amide bonds. The van der Waals surface area contributed by atoms with E-state index < -0.39 is 20.9 Å². The van der Waals surface area contributed by atoms with Crippen LogP contribution in [0.25, 0.3) is 10.9 Å². The molecule has 0 aliphatic carbocycles. The van der Waals surface area contributed by atoms with Crippen molar-refractivity contribution in [1.82, 2.24) is 9.97 Å². The maximum Gasteiger partial charge on any atom is 0.311 e. The predicted octanol–water partition coefficient (Wildman–Crippen LogP) is 4.10. The van der Waals surface area contributed by atoms with Gasteiger partial charge in [-0.3, -0.25) is 14.3 Å². The van der Waals surface area contributed by atoms with Gasteiger partial charge in [0.05, 0.1) is 57.6 Å². The van der Waals surface area contributed by atoms with Crippen LogP contribution in [0.3, 0.4) is 0 Å². The summed E-state index contributed by atoms with van der Waals surface area (Å²) in [6.45, 7) is -0.212. The third kappa shape index (κ3) is 6.84. The molecule has 1 N–H and O–H groups in total. The van der Waals surface area contributed by atoms with Crippen LogP contribution in [0.5, 0.6) is 5.75 Å². The highest BCUT2D eigenvalue weighted by Crippen LogP contribution is 2.36. The summed E-state index contributed by atoms with van der Waals surface area (Å²) in [5.74, 6) is -0.664. The Labute approximate surface area is 203 Å². The van der Waals surface area contributed by atoms with Gasteiger partial charge in [-0.15, -0.1) is 0 Å². The number of hydrogen-bond acceptors (Lipinski definition) is 10. The van der Waals surface area contributed by atoms with Crippen LogP contribution in [0, 0.1) is 15.9 Å². The van der Waals surface area contributed by atoms with Crippen LogP contribution >= 0.6 is 23.2 Å². The summed E-state index contributed by atoms with van der Waals surface area (Å²) in [6, 6.07) is 4.83. The lowest BCUT2D eigenvalue weighted by atomic mass is 10.2. The number of nitro benzene ring substituents is 1. The van der Waals surface area contributed by atoms with E-state index in [0.717, 1.165) is 12.3 Å². The molecule has 0 radical (unpaired) electrons. The highest BCUT2D eigenvalue weighted by Gasteiger charge is 2.20. The van der Waals surface area contributed by atoms with Crippen LogP contribution in [0.1, 0.15) is 0 Å². The van der Waals surface area contributed by atoms with Gasteiger partial charge in [0.15, 0.2) is 5.75 Å². The van der Waals surface area contributed by atoms with Crippen LogP contribution in [0.4, 0.5) is 21.6 Å². The molecular formula is C19H17Cl2FN4O7S.